The summed E-state index contributed by atoms with van der Waals surface area (Å²) in [5.74, 6) is -0.00365. The number of carbonyl (C=O) groups excluding carboxylic acids is 1. The lowest BCUT2D eigenvalue weighted by Crippen LogP contribution is -2.24. The van der Waals surface area contributed by atoms with Crippen LogP contribution < -0.4 is 11.1 Å². The van der Waals surface area contributed by atoms with Crippen LogP contribution in [-0.4, -0.2) is 10.9 Å². The molecule has 2 rings (SSSR count). The predicted molar refractivity (Wildman–Crippen MR) is 78.0 cm³/mol. The minimum absolute atomic E-state index is 0.00365. The van der Waals surface area contributed by atoms with Gasteiger partial charge in [-0.2, -0.15) is 0 Å². The second-order valence-corrected chi connectivity index (χ2v) is 5.73. The van der Waals surface area contributed by atoms with Crippen LogP contribution in [-0.2, 0) is 17.8 Å². The number of anilines is 1. The van der Waals surface area contributed by atoms with Gasteiger partial charge in [-0.1, -0.05) is 12.1 Å². The van der Waals surface area contributed by atoms with Crippen LogP contribution in [0.25, 0.3) is 0 Å². The lowest BCUT2D eigenvalue weighted by Gasteiger charge is -2.05. The summed E-state index contributed by atoms with van der Waals surface area (Å²) in [6.45, 7) is 4.47. The maximum absolute atomic E-state index is 11.8. The molecule has 0 aliphatic heterocycles. The number of nitrogens with zero attached hydrogens (tertiary/aromatic N) is 1. The van der Waals surface area contributed by atoms with E-state index >= 15 is 0 Å². The lowest BCUT2D eigenvalue weighted by atomic mass is 10.1. The van der Waals surface area contributed by atoms with Gasteiger partial charge in [-0.3, -0.25) is 4.79 Å². The first kappa shape index (κ1) is 13.5. The summed E-state index contributed by atoms with van der Waals surface area (Å²) >= 11 is 1.62. The molecule has 1 heterocycles. The number of nitrogen functional groups attached to an aromatic ring is 1. The molecule has 0 radical (unpaired) electrons. The highest BCUT2D eigenvalue weighted by Crippen LogP contribution is 2.16. The molecule has 1 amide bonds. The van der Waals surface area contributed by atoms with Crippen molar-refractivity contribution in [3.05, 3.63) is 45.4 Å². The predicted octanol–water partition coefficient (Wildman–Crippen LogP) is 2.20. The van der Waals surface area contributed by atoms with Gasteiger partial charge in [-0.05, 0) is 31.5 Å². The maximum atomic E-state index is 11.8. The number of nitrogens with one attached hydrogen (secondary N) is 1. The third-order valence-corrected chi connectivity index (χ3v) is 3.83. The Morgan fingerprint density at radius 2 is 2.21 bits per heavy atom. The summed E-state index contributed by atoms with van der Waals surface area (Å²) < 4.78 is 0. The number of hydrogen-bond donors (Lipinski definition) is 2. The number of hydrogen-bond acceptors (Lipinski definition) is 4. The summed E-state index contributed by atoms with van der Waals surface area (Å²) in [6.07, 6.45) is 0.349. The maximum Gasteiger partial charge on any atom is 0.224 e. The van der Waals surface area contributed by atoms with Crippen molar-refractivity contribution < 1.29 is 4.79 Å². The smallest absolute Gasteiger partial charge is 0.224 e. The summed E-state index contributed by atoms with van der Waals surface area (Å²) in [5.41, 5.74) is 8.28. The van der Waals surface area contributed by atoms with Crippen LogP contribution in [0.3, 0.4) is 0 Å². The van der Waals surface area contributed by atoms with E-state index in [1.54, 1.807) is 11.3 Å². The zero-order chi connectivity index (χ0) is 13.8. The van der Waals surface area contributed by atoms with Crippen LogP contribution >= 0.6 is 11.3 Å². The third kappa shape index (κ3) is 3.79. The zero-order valence-corrected chi connectivity index (χ0v) is 11.9. The second kappa shape index (κ2) is 5.84. The van der Waals surface area contributed by atoms with E-state index in [9.17, 15) is 4.79 Å². The first-order valence-corrected chi connectivity index (χ1v) is 6.90. The highest BCUT2D eigenvalue weighted by atomic mass is 32.1. The highest BCUT2D eigenvalue weighted by molar-refractivity contribution is 7.11. The van der Waals surface area contributed by atoms with Crippen LogP contribution in [0.5, 0.6) is 0 Å². The van der Waals surface area contributed by atoms with Crippen molar-refractivity contribution in [2.45, 2.75) is 26.8 Å². The fourth-order valence-corrected chi connectivity index (χ4v) is 2.74. The lowest BCUT2D eigenvalue weighted by molar-refractivity contribution is -0.120. The molecular weight excluding hydrogens is 258 g/mol. The van der Waals surface area contributed by atoms with Gasteiger partial charge in [0.25, 0.3) is 0 Å². The second-order valence-electron chi connectivity index (χ2n) is 4.44. The van der Waals surface area contributed by atoms with Crippen LogP contribution in [0.2, 0.25) is 0 Å². The molecule has 2 aromatic rings. The van der Waals surface area contributed by atoms with E-state index in [1.165, 1.54) is 0 Å². The first-order valence-electron chi connectivity index (χ1n) is 6.08. The molecule has 0 bridgehead atoms. The Balaban J connectivity index is 1.90. The Morgan fingerprint density at radius 3 is 2.84 bits per heavy atom. The number of aromatic nitrogens is 1. The Hall–Kier alpha value is -1.88. The molecule has 0 atom stereocenters. The van der Waals surface area contributed by atoms with Gasteiger partial charge in [-0.15, -0.1) is 11.3 Å². The Bertz CT molecular complexity index is 592. The van der Waals surface area contributed by atoms with E-state index < -0.39 is 0 Å². The molecule has 1 aromatic carbocycles. The Morgan fingerprint density at radius 1 is 1.42 bits per heavy atom. The molecule has 0 saturated heterocycles. The number of amides is 1. The van der Waals surface area contributed by atoms with Crippen molar-refractivity contribution in [2.75, 3.05) is 5.73 Å². The number of carbonyl (C=O) groups is 1. The molecule has 0 aliphatic carbocycles. The molecule has 0 unspecified atom stereocenters. The Labute approximate surface area is 116 Å². The van der Waals surface area contributed by atoms with Crippen LogP contribution in [0.4, 0.5) is 5.69 Å². The van der Waals surface area contributed by atoms with Gasteiger partial charge in [0.05, 0.1) is 23.7 Å². The van der Waals surface area contributed by atoms with Gasteiger partial charge in [0.1, 0.15) is 0 Å². The first-order chi connectivity index (χ1) is 9.04. The number of thiazole rings is 1. The average Bonchev–Trinajstić information content (AvgIpc) is 2.65. The molecule has 100 valence electrons. The zero-order valence-electron chi connectivity index (χ0n) is 11.1. The number of aryl methyl sites for hydroxylation is 2. The fourth-order valence-electron chi connectivity index (χ4n) is 1.87. The SMILES string of the molecule is Cc1nc(C)c(CNC(=O)Cc2cccc(N)c2)s1. The van der Waals surface area contributed by atoms with Crippen molar-refractivity contribution in [3.63, 3.8) is 0 Å². The molecule has 0 saturated carbocycles. The highest BCUT2D eigenvalue weighted by Gasteiger charge is 2.07. The molecule has 19 heavy (non-hydrogen) atoms. The third-order valence-electron chi connectivity index (χ3n) is 2.76. The molecule has 0 fully saturated rings. The molecule has 0 spiro atoms. The van der Waals surface area contributed by atoms with E-state index in [4.69, 9.17) is 5.73 Å². The van der Waals surface area contributed by atoms with Crippen LogP contribution in [0.15, 0.2) is 24.3 Å². The van der Waals surface area contributed by atoms with Gasteiger partial charge in [-0.25, -0.2) is 4.98 Å². The molecule has 3 N–H and O–H groups in total. The van der Waals surface area contributed by atoms with E-state index in [-0.39, 0.29) is 5.91 Å². The molecule has 4 nitrogen and oxygen atoms in total. The summed E-state index contributed by atoms with van der Waals surface area (Å²) in [6, 6.07) is 7.39. The summed E-state index contributed by atoms with van der Waals surface area (Å²) in [7, 11) is 0. The van der Waals surface area contributed by atoms with Gasteiger partial charge < -0.3 is 11.1 Å². The Kier molecular flexibility index (Phi) is 4.16. The van der Waals surface area contributed by atoms with Crippen LogP contribution in [0.1, 0.15) is 21.1 Å². The van der Waals surface area contributed by atoms with E-state index in [0.29, 0.717) is 18.7 Å². The number of rotatable bonds is 4. The van der Waals surface area contributed by atoms with Gasteiger partial charge in [0.2, 0.25) is 5.91 Å². The molecular formula is C14H17N3OS. The summed E-state index contributed by atoms with van der Waals surface area (Å²) in [4.78, 5) is 17.3. The standard InChI is InChI=1S/C14H17N3OS/c1-9-13(19-10(2)17-9)8-16-14(18)7-11-4-3-5-12(15)6-11/h3-6H,7-8,15H2,1-2H3,(H,16,18). The monoisotopic (exact) mass is 275 g/mol. The topological polar surface area (TPSA) is 68.0 Å². The van der Waals surface area contributed by atoms with E-state index in [2.05, 4.69) is 10.3 Å². The van der Waals surface area contributed by atoms with Crippen molar-refractivity contribution in [2.24, 2.45) is 0 Å². The number of nitrogens with two attached hydrogens (primary N) is 1. The minimum atomic E-state index is -0.00365. The van der Waals surface area contributed by atoms with Crippen LogP contribution in [0, 0.1) is 13.8 Å². The minimum Gasteiger partial charge on any atom is -0.399 e. The quantitative estimate of drug-likeness (QED) is 0.841. The summed E-state index contributed by atoms with van der Waals surface area (Å²) in [5, 5.41) is 3.94. The largest absolute Gasteiger partial charge is 0.399 e. The van der Waals surface area contributed by atoms with Crippen molar-refractivity contribution >= 4 is 22.9 Å². The van der Waals surface area contributed by atoms with E-state index in [1.807, 2.05) is 38.1 Å². The average molecular weight is 275 g/mol. The normalized spacial score (nSPS) is 10.4. The van der Waals surface area contributed by atoms with Crippen molar-refractivity contribution in [1.29, 1.82) is 0 Å². The van der Waals surface area contributed by atoms with Gasteiger partial charge >= 0.3 is 0 Å². The van der Waals surface area contributed by atoms with Gasteiger partial charge in [0, 0.05) is 10.6 Å². The van der Waals surface area contributed by atoms with Gasteiger partial charge in [0.15, 0.2) is 0 Å². The van der Waals surface area contributed by atoms with Crippen molar-refractivity contribution in [3.8, 4) is 0 Å². The molecule has 1 aromatic heterocycles. The molecule has 5 heteroatoms. The fraction of sp³-hybridized carbons (Fsp3) is 0.286. The number of benzene rings is 1. The van der Waals surface area contributed by atoms with E-state index in [0.717, 1.165) is 21.1 Å². The molecule has 0 aliphatic rings. The van der Waals surface area contributed by atoms with Crippen molar-refractivity contribution in [1.82, 2.24) is 10.3 Å².